The van der Waals surface area contributed by atoms with Crippen LogP contribution in [0.15, 0.2) is 0 Å². The molecule has 0 unspecified atom stereocenters. The number of ether oxygens (including phenoxy) is 2. The van der Waals surface area contributed by atoms with Crippen LogP contribution in [0, 0.1) is 11.8 Å². The van der Waals surface area contributed by atoms with Gasteiger partial charge in [0.1, 0.15) is 0 Å². The van der Waals surface area contributed by atoms with Crippen LogP contribution in [0.2, 0.25) is 0 Å². The van der Waals surface area contributed by atoms with E-state index in [0.29, 0.717) is 18.4 Å². The first-order valence-corrected chi connectivity index (χ1v) is 5.41. The molecule has 0 amide bonds. The fourth-order valence-corrected chi connectivity index (χ4v) is 1.73. The summed E-state index contributed by atoms with van der Waals surface area (Å²) in [6, 6.07) is 0. The van der Waals surface area contributed by atoms with Gasteiger partial charge in [0.25, 0.3) is 0 Å². The van der Waals surface area contributed by atoms with Crippen molar-refractivity contribution in [2.45, 2.75) is 39.4 Å². The average molecular weight is 202 g/mol. The third kappa shape index (κ3) is 4.94. The second kappa shape index (κ2) is 5.10. The molecule has 1 saturated heterocycles. The van der Waals surface area contributed by atoms with Crippen molar-refractivity contribution in [2.75, 3.05) is 19.8 Å². The van der Waals surface area contributed by atoms with Gasteiger partial charge in [0.2, 0.25) is 0 Å². The molecule has 3 nitrogen and oxygen atoms in total. The minimum Gasteiger partial charge on any atom is -0.381 e. The Balaban J connectivity index is 2.28. The molecule has 3 heteroatoms. The van der Waals surface area contributed by atoms with E-state index in [2.05, 4.69) is 6.92 Å². The molecule has 1 fully saturated rings. The predicted octanol–water partition coefficient (Wildman–Crippen LogP) is 1.79. The molecule has 84 valence electrons. The zero-order valence-electron chi connectivity index (χ0n) is 9.45. The Hall–Kier alpha value is -0.120. The van der Waals surface area contributed by atoms with Crippen molar-refractivity contribution >= 4 is 0 Å². The first-order valence-electron chi connectivity index (χ1n) is 5.41. The maximum atomic E-state index is 9.42. The van der Waals surface area contributed by atoms with Crippen molar-refractivity contribution in [1.82, 2.24) is 0 Å². The molecule has 0 aromatic carbocycles. The minimum absolute atomic E-state index is 0.430. The van der Waals surface area contributed by atoms with Gasteiger partial charge in [-0.25, -0.2) is 0 Å². The van der Waals surface area contributed by atoms with Crippen molar-refractivity contribution in [3.05, 3.63) is 0 Å². The molecule has 1 heterocycles. The van der Waals surface area contributed by atoms with Crippen LogP contribution in [0.1, 0.15) is 33.6 Å². The largest absolute Gasteiger partial charge is 0.381 e. The quantitative estimate of drug-likeness (QED) is 0.709. The fourth-order valence-electron chi connectivity index (χ4n) is 1.73. The smallest absolute Gasteiger partial charge is 0.159 e. The fraction of sp³-hybridized carbons (Fsp3) is 1.00. The van der Waals surface area contributed by atoms with E-state index in [4.69, 9.17) is 9.47 Å². The molecule has 1 N–H and O–H groups in total. The Morgan fingerprint density at radius 2 is 2.21 bits per heavy atom. The van der Waals surface area contributed by atoms with Crippen molar-refractivity contribution in [1.29, 1.82) is 0 Å². The topological polar surface area (TPSA) is 38.7 Å². The summed E-state index contributed by atoms with van der Waals surface area (Å²) in [4.78, 5) is 0. The van der Waals surface area contributed by atoms with E-state index in [-0.39, 0.29) is 0 Å². The lowest BCUT2D eigenvalue weighted by Crippen LogP contribution is -2.28. The van der Waals surface area contributed by atoms with Crippen LogP contribution in [0.5, 0.6) is 0 Å². The van der Waals surface area contributed by atoms with Gasteiger partial charge in [0.05, 0.1) is 13.2 Å². The van der Waals surface area contributed by atoms with Gasteiger partial charge in [0, 0.05) is 12.5 Å². The van der Waals surface area contributed by atoms with Crippen LogP contribution in [-0.2, 0) is 9.47 Å². The maximum absolute atomic E-state index is 9.42. The van der Waals surface area contributed by atoms with Gasteiger partial charge in [-0.2, -0.15) is 0 Å². The van der Waals surface area contributed by atoms with Crippen LogP contribution in [0.4, 0.5) is 0 Å². The van der Waals surface area contributed by atoms with Crippen LogP contribution in [-0.4, -0.2) is 30.7 Å². The molecule has 1 aliphatic heterocycles. The number of hydrogen-bond donors (Lipinski definition) is 1. The van der Waals surface area contributed by atoms with E-state index < -0.39 is 5.79 Å². The van der Waals surface area contributed by atoms with Gasteiger partial charge in [0.15, 0.2) is 5.79 Å². The molecule has 2 atom stereocenters. The third-order valence-electron chi connectivity index (χ3n) is 2.52. The number of hydrogen-bond acceptors (Lipinski definition) is 3. The third-order valence-corrected chi connectivity index (χ3v) is 2.52. The van der Waals surface area contributed by atoms with E-state index in [1.165, 1.54) is 0 Å². The molecule has 0 bridgehead atoms. The molecular weight excluding hydrogens is 180 g/mol. The monoisotopic (exact) mass is 202 g/mol. The Morgan fingerprint density at radius 1 is 1.50 bits per heavy atom. The highest BCUT2D eigenvalue weighted by molar-refractivity contribution is 4.67. The molecule has 0 radical (unpaired) electrons. The van der Waals surface area contributed by atoms with Gasteiger partial charge in [-0.3, -0.25) is 0 Å². The normalized spacial score (nSPS) is 30.0. The van der Waals surface area contributed by atoms with Crippen LogP contribution in [0.25, 0.3) is 0 Å². The van der Waals surface area contributed by atoms with Gasteiger partial charge in [-0.05, 0) is 32.6 Å². The molecular formula is C11H22O3. The van der Waals surface area contributed by atoms with Gasteiger partial charge < -0.3 is 14.6 Å². The average Bonchev–Trinajstić information content (AvgIpc) is 2.25. The predicted molar refractivity (Wildman–Crippen MR) is 55.0 cm³/mol. The second-order valence-corrected chi connectivity index (χ2v) is 4.83. The zero-order valence-corrected chi connectivity index (χ0v) is 9.45. The van der Waals surface area contributed by atoms with Gasteiger partial charge in [-0.15, -0.1) is 0 Å². The number of rotatable bonds is 3. The summed E-state index contributed by atoms with van der Waals surface area (Å²) in [6.45, 7) is 7.78. The van der Waals surface area contributed by atoms with E-state index >= 15 is 0 Å². The first kappa shape index (κ1) is 12.0. The summed E-state index contributed by atoms with van der Waals surface area (Å²) in [5.41, 5.74) is 0. The Labute approximate surface area is 86.4 Å². The first-order chi connectivity index (χ1) is 6.47. The molecule has 0 aromatic heterocycles. The van der Waals surface area contributed by atoms with Gasteiger partial charge >= 0.3 is 0 Å². The highest BCUT2D eigenvalue weighted by atomic mass is 16.6. The Morgan fingerprint density at radius 3 is 2.86 bits per heavy atom. The molecule has 0 spiro atoms. The summed E-state index contributed by atoms with van der Waals surface area (Å²) >= 11 is 0. The van der Waals surface area contributed by atoms with Crippen molar-refractivity contribution in [2.24, 2.45) is 11.8 Å². The van der Waals surface area contributed by atoms with Crippen molar-refractivity contribution in [3.63, 3.8) is 0 Å². The number of aliphatic hydroxyl groups is 1. The molecule has 0 aromatic rings. The zero-order chi connectivity index (χ0) is 10.6. The van der Waals surface area contributed by atoms with Crippen molar-refractivity contribution < 1.29 is 14.6 Å². The highest BCUT2D eigenvalue weighted by Crippen LogP contribution is 2.21. The summed E-state index contributed by atoms with van der Waals surface area (Å²) < 4.78 is 10.8. The molecule has 0 aliphatic carbocycles. The highest BCUT2D eigenvalue weighted by Gasteiger charge is 2.21. The summed E-state index contributed by atoms with van der Waals surface area (Å²) in [7, 11) is 0. The molecule has 1 aliphatic rings. The molecule has 0 saturated carbocycles. The minimum atomic E-state index is -1.02. The van der Waals surface area contributed by atoms with E-state index in [9.17, 15) is 5.11 Å². The lowest BCUT2D eigenvalue weighted by atomic mass is 9.96. The maximum Gasteiger partial charge on any atom is 0.159 e. The van der Waals surface area contributed by atoms with Crippen molar-refractivity contribution in [3.8, 4) is 0 Å². The van der Waals surface area contributed by atoms with Crippen LogP contribution >= 0.6 is 0 Å². The Bertz CT molecular complexity index is 162. The standard InChI is InChI=1S/C11H22O3/c1-9-4-5-13-7-10(6-9)8-14-11(2,3)12/h9-10,12H,4-8H2,1-3H3/t9-,10-/m1/s1. The molecule has 14 heavy (non-hydrogen) atoms. The van der Waals surface area contributed by atoms with E-state index in [0.717, 1.165) is 26.1 Å². The summed E-state index contributed by atoms with van der Waals surface area (Å²) in [6.07, 6.45) is 2.27. The summed E-state index contributed by atoms with van der Waals surface area (Å²) in [5, 5.41) is 9.42. The summed E-state index contributed by atoms with van der Waals surface area (Å²) in [5.74, 6) is 0.113. The van der Waals surface area contributed by atoms with Crippen LogP contribution in [0.3, 0.4) is 0 Å². The van der Waals surface area contributed by atoms with E-state index in [1.807, 2.05) is 0 Å². The van der Waals surface area contributed by atoms with Gasteiger partial charge in [-0.1, -0.05) is 6.92 Å². The second-order valence-electron chi connectivity index (χ2n) is 4.83. The van der Waals surface area contributed by atoms with Crippen LogP contribution < -0.4 is 0 Å². The Kier molecular flexibility index (Phi) is 4.35. The molecule has 1 rings (SSSR count). The SMILES string of the molecule is C[C@@H]1CCOC[C@H](COC(C)(C)O)C1. The lowest BCUT2D eigenvalue weighted by Gasteiger charge is -2.23. The van der Waals surface area contributed by atoms with E-state index in [1.54, 1.807) is 13.8 Å². The lowest BCUT2D eigenvalue weighted by molar-refractivity contribution is -0.186.